The minimum Gasteiger partial charge on any atom is -0.481 e. The van der Waals surface area contributed by atoms with Gasteiger partial charge in [-0.3, -0.25) is 4.79 Å². The van der Waals surface area contributed by atoms with Crippen molar-refractivity contribution in [1.29, 1.82) is 5.26 Å². The van der Waals surface area contributed by atoms with E-state index in [0.29, 0.717) is 12.2 Å². The molecule has 2 unspecified atom stereocenters. The minimum absolute atomic E-state index is 0.162. The average molecular weight is 507 g/mol. The van der Waals surface area contributed by atoms with E-state index in [-0.39, 0.29) is 5.92 Å². The van der Waals surface area contributed by atoms with Gasteiger partial charge in [-0.25, -0.2) is 0 Å². The number of ether oxygens (including phenoxy) is 1. The van der Waals surface area contributed by atoms with Gasteiger partial charge in [0, 0.05) is 5.41 Å². The van der Waals surface area contributed by atoms with Gasteiger partial charge in [0.05, 0.1) is 21.3 Å². The van der Waals surface area contributed by atoms with Crippen molar-refractivity contribution >= 4 is 37.8 Å². The first-order valence-corrected chi connectivity index (χ1v) is 10.6. The molecule has 4 nitrogen and oxygen atoms in total. The van der Waals surface area contributed by atoms with Crippen LogP contribution in [0.5, 0.6) is 5.75 Å². The lowest BCUT2D eigenvalue weighted by atomic mass is 9.63. The summed E-state index contributed by atoms with van der Waals surface area (Å²) < 4.78 is 7.21. The molecule has 0 heterocycles. The smallest absolute Gasteiger partial charge is 0.306 e. The predicted molar refractivity (Wildman–Crippen MR) is 115 cm³/mol. The Morgan fingerprint density at radius 3 is 2.57 bits per heavy atom. The molecule has 0 spiro atoms. The summed E-state index contributed by atoms with van der Waals surface area (Å²) in [5.41, 5.74) is -0.556. The van der Waals surface area contributed by atoms with Gasteiger partial charge in [-0.2, -0.15) is 5.26 Å². The number of carbonyl (C=O) groups is 1. The molecule has 1 aromatic rings. The zero-order valence-electron chi connectivity index (χ0n) is 15.6. The second-order valence-electron chi connectivity index (χ2n) is 7.70. The largest absolute Gasteiger partial charge is 0.481 e. The van der Waals surface area contributed by atoms with Gasteiger partial charge in [0.15, 0.2) is 5.60 Å². The van der Waals surface area contributed by atoms with Crippen LogP contribution < -0.4 is 4.74 Å². The SMILES string of the molecule is CC1(C)C(C(C#N)[C@H]2C[C@H]2C(=O)O)=CC=CC1(C=C(Br)Br)Oc1ccccc1. The van der Waals surface area contributed by atoms with E-state index in [0.717, 1.165) is 8.96 Å². The highest BCUT2D eigenvalue weighted by molar-refractivity contribution is 9.28. The number of carboxylic acid groups (broad SMARTS) is 1. The van der Waals surface area contributed by atoms with Gasteiger partial charge < -0.3 is 9.84 Å². The summed E-state index contributed by atoms with van der Waals surface area (Å²) in [7, 11) is 0. The molecule has 0 radical (unpaired) electrons. The number of para-hydroxylation sites is 1. The van der Waals surface area contributed by atoms with E-state index in [9.17, 15) is 15.2 Å². The van der Waals surface area contributed by atoms with Crippen LogP contribution in [0.3, 0.4) is 0 Å². The number of nitrogens with zero attached hydrogens (tertiary/aromatic N) is 1. The normalized spacial score (nSPS) is 28.5. The highest BCUT2D eigenvalue weighted by Gasteiger charge is 2.56. The Morgan fingerprint density at radius 1 is 1.36 bits per heavy atom. The van der Waals surface area contributed by atoms with Crippen LogP contribution in [-0.4, -0.2) is 16.7 Å². The number of allylic oxidation sites excluding steroid dienone is 2. The molecule has 0 aromatic heterocycles. The first-order chi connectivity index (χ1) is 13.2. The fourth-order valence-corrected chi connectivity index (χ4v) is 4.64. The fraction of sp³-hybridized carbons (Fsp3) is 0.364. The molecule has 0 aliphatic heterocycles. The highest BCUT2D eigenvalue weighted by atomic mass is 79.9. The molecule has 2 aliphatic carbocycles. The first kappa shape index (κ1) is 20.9. The monoisotopic (exact) mass is 505 g/mol. The maximum atomic E-state index is 11.4. The Labute approximate surface area is 181 Å². The second-order valence-corrected chi connectivity index (χ2v) is 10.5. The number of rotatable bonds is 6. The zero-order valence-corrected chi connectivity index (χ0v) is 18.8. The van der Waals surface area contributed by atoms with Crippen molar-refractivity contribution < 1.29 is 14.6 Å². The number of benzene rings is 1. The van der Waals surface area contributed by atoms with Crippen LogP contribution in [0.1, 0.15) is 20.3 Å². The van der Waals surface area contributed by atoms with Crippen LogP contribution in [0.4, 0.5) is 0 Å². The van der Waals surface area contributed by atoms with Crippen molar-refractivity contribution in [2.45, 2.75) is 25.9 Å². The fourth-order valence-electron chi connectivity index (χ4n) is 3.96. The number of halogens is 2. The van der Waals surface area contributed by atoms with Crippen LogP contribution in [0.2, 0.25) is 0 Å². The lowest BCUT2D eigenvalue weighted by Crippen LogP contribution is -2.50. The summed E-state index contributed by atoms with van der Waals surface area (Å²) in [4.78, 5) is 11.4. The van der Waals surface area contributed by atoms with E-state index in [2.05, 4.69) is 37.9 Å². The van der Waals surface area contributed by atoms with Gasteiger partial charge >= 0.3 is 5.97 Å². The molecule has 0 saturated heterocycles. The van der Waals surface area contributed by atoms with Gasteiger partial charge in [0.2, 0.25) is 0 Å². The van der Waals surface area contributed by atoms with Crippen molar-refractivity contribution in [2.24, 2.45) is 23.2 Å². The van der Waals surface area contributed by atoms with Gasteiger partial charge in [-0.05, 0) is 74.1 Å². The van der Waals surface area contributed by atoms with E-state index in [1.54, 1.807) is 0 Å². The van der Waals surface area contributed by atoms with Crippen LogP contribution in [0.25, 0.3) is 0 Å². The molecule has 1 aromatic carbocycles. The third-order valence-electron chi connectivity index (χ3n) is 5.73. The van der Waals surface area contributed by atoms with Crippen molar-refractivity contribution in [1.82, 2.24) is 0 Å². The third-order valence-corrected chi connectivity index (χ3v) is 6.19. The maximum absolute atomic E-state index is 11.4. The molecular weight excluding hydrogens is 486 g/mol. The molecule has 4 atom stereocenters. The number of carboxylic acids is 1. The Kier molecular flexibility index (Phi) is 5.88. The van der Waals surface area contributed by atoms with Crippen molar-refractivity contribution in [3.05, 3.63) is 63.6 Å². The molecule has 2 aliphatic rings. The Balaban J connectivity index is 2.02. The molecule has 1 N–H and O–H groups in total. The molecule has 146 valence electrons. The quantitative estimate of drug-likeness (QED) is 0.527. The molecule has 6 heteroatoms. The van der Waals surface area contributed by atoms with Crippen molar-refractivity contribution in [3.8, 4) is 11.8 Å². The van der Waals surface area contributed by atoms with E-state index in [1.807, 2.05) is 68.5 Å². The molecule has 0 bridgehead atoms. The zero-order chi connectivity index (χ0) is 20.5. The number of aliphatic carboxylic acids is 1. The van der Waals surface area contributed by atoms with Crippen LogP contribution in [0, 0.1) is 34.5 Å². The molecule has 0 amide bonds. The van der Waals surface area contributed by atoms with Gasteiger partial charge in [-0.1, -0.05) is 44.2 Å². The van der Waals surface area contributed by atoms with Crippen molar-refractivity contribution in [2.75, 3.05) is 0 Å². The lowest BCUT2D eigenvalue weighted by molar-refractivity contribution is -0.138. The summed E-state index contributed by atoms with van der Waals surface area (Å²) in [5.74, 6) is -1.20. The average Bonchev–Trinajstić information content (AvgIpc) is 3.41. The standard InChI is InChI=1S/C22H21Br2NO3/c1-21(2)18(17(13-25)15-11-16(15)20(26)27)9-6-10-22(21,12-19(23)24)28-14-7-4-3-5-8-14/h3-10,12,15-17H,11H2,1-2H3,(H,26,27)/t15-,16+,17?,22?/m0/s1. The van der Waals surface area contributed by atoms with Gasteiger partial charge in [0.25, 0.3) is 0 Å². The molecule has 3 rings (SSSR count). The molecule has 1 fully saturated rings. The van der Waals surface area contributed by atoms with E-state index in [4.69, 9.17) is 4.74 Å². The Bertz CT molecular complexity index is 894. The Hall–Kier alpha value is -1.84. The van der Waals surface area contributed by atoms with E-state index < -0.39 is 28.8 Å². The second kappa shape index (κ2) is 7.88. The summed E-state index contributed by atoms with van der Waals surface area (Å²) in [6, 6.07) is 11.9. The topological polar surface area (TPSA) is 70.3 Å². The van der Waals surface area contributed by atoms with Gasteiger partial charge in [0.1, 0.15) is 5.75 Å². The molecule has 1 saturated carbocycles. The maximum Gasteiger partial charge on any atom is 0.306 e. The minimum atomic E-state index is -0.858. The van der Waals surface area contributed by atoms with Crippen LogP contribution in [0.15, 0.2) is 63.6 Å². The predicted octanol–water partition coefficient (Wildman–Crippen LogP) is 5.82. The third kappa shape index (κ3) is 3.83. The van der Waals surface area contributed by atoms with E-state index in [1.165, 1.54) is 0 Å². The number of nitriles is 1. The summed E-state index contributed by atoms with van der Waals surface area (Å²) in [5, 5.41) is 19.2. The van der Waals surface area contributed by atoms with Crippen molar-refractivity contribution in [3.63, 3.8) is 0 Å². The van der Waals surface area contributed by atoms with Crippen LogP contribution >= 0.6 is 31.9 Å². The summed E-state index contributed by atoms with van der Waals surface area (Å²) in [6.45, 7) is 4.07. The molecular formula is C22H21Br2NO3. The Morgan fingerprint density at radius 2 is 2.04 bits per heavy atom. The number of hydrogen-bond acceptors (Lipinski definition) is 3. The highest BCUT2D eigenvalue weighted by Crippen LogP contribution is 2.55. The molecule has 28 heavy (non-hydrogen) atoms. The summed E-state index contributed by atoms with van der Waals surface area (Å²) >= 11 is 6.91. The summed E-state index contributed by atoms with van der Waals surface area (Å²) in [6.07, 6.45) is 8.27. The van der Waals surface area contributed by atoms with Gasteiger partial charge in [-0.15, -0.1) is 0 Å². The van der Waals surface area contributed by atoms with E-state index >= 15 is 0 Å². The lowest BCUT2D eigenvalue weighted by Gasteiger charge is -2.47. The first-order valence-electron chi connectivity index (χ1n) is 9.02. The number of hydrogen-bond donors (Lipinski definition) is 1. The van der Waals surface area contributed by atoms with Crippen LogP contribution in [-0.2, 0) is 4.79 Å².